The number of rotatable bonds is 2. The lowest BCUT2D eigenvalue weighted by Gasteiger charge is -2.17. The van der Waals surface area contributed by atoms with Gasteiger partial charge in [-0.15, -0.1) is 0 Å². The quantitative estimate of drug-likeness (QED) is 0.621. The molecule has 0 aromatic heterocycles. The van der Waals surface area contributed by atoms with Gasteiger partial charge in [0.1, 0.15) is 0 Å². The summed E-state index contributed by atoms with van der Waals surface area (Å²) in [5, 5.41) is 3.50. The van der Waals surface area contributed by atoms with Gasteiger partial charge in [0, 0.05) is 6.04 Å². The molecule has 1 saturated carbocycles. The van der Waals surface area contributed by atoms with Gasteiger partial charge in [0.25, 0.3) is 0 Å². The van der Waals surface area contributed by atoms with E-state index in [-0.39, 0.29) is 0 Å². The average molecular weight is 141 g/mol. The summed E-state index contributed by atoms with van der Waals surface area (Å²) < 4.78 is 0. The molecule has 0 aromatic carbocycles. The van der Waals surface area contributed by atoms with E-state index in [4.69, 9.17) is 0 Å². The molecule has 0 aromatic rings. The average Bonchev–Trinajstić information content (AvgIpc) is 2.12. The molecule has 1 unspecified atom stereocenters. The van der Waals surface area contributed by atoms with Crippen LogP contribution in [-0.2, 0) is 0 Å². The molecule has 0 spiro atoms. The Kier molecular flexibility index (Phi) is 2.35. The standard InChI is InChI=1S/C9H19N/c1-4-10-8-5-6-9(2,3)7-8/h8,10H,4-7H2,1-3H3. The Morgan fingerprint density at radius 1 is 1.50 bits per heavy atom. The highest BCUT2D eigenvalue weighted by Gasteiger charge is 2.29. The predicted octanol–water partition coefficient (Wildman–Crippen LogP) is 2.17. The lowest BCUT2D eigenvalue weighted by atomic mass is 9.92. The SMILES string of the molecule is CCNC1CCC(C)(C)C1. The second-order valence-corrected chi connectivity index (χ2v) is 4.16. The van der Waals surface area contributed by atoms with Crippen LogP contribution in [0.15, 0.2) is 0 Å². The first-order valence-electron chi connectivity index (χ1n) is 4.37. The molecule has 1 nitrogen and oxygen atoms in total. The van der Waals surface area contributed by atoms with Gasteiger partial charge in [0.05, 0.1) is 0 Å². The normalized spacial score (nSPS) is 30.9. The van der Waals surface area contributed by atoms with Gasteiger partial charge in [-0.25, -0.2) is 0 Å². The summed E-state index contributed by atoms with van der Waals surface area (Å²) >= 11 is 0. The summed E-state index contributed by atoms with van der Waals surface area (Å²) in [5.74, 6) is 0. The zero-order valence-corrected chi connectivity index (χ0v) is 7.41. The molecule has 0 amide bonds. The highest BCUT2D eigenvalue weighted by Crippen LogP contribution is 2.36. The minimum Gasteiger partial charge on any atom is -0.314 e. The fourth-order valence-electron chi connectivity index (χ4n) is 1.90. The maximum absolute atomic E-state index is 3.50. The second-order valence-electron chi connectivity index (χ2n) is 4.16. The van der Waals surface area contributed by atoms with E-state index in [0.717, 1.165) is 12.6 Å². The Balaban J connectivity index is 2.29. The Bertz CT molecular complexity index is 107. The van der Waals surface area contributed by atoms with Crippen LogP contribution >= 0.6 is 0 Å². The summed E-state index contributed by atoms with van der Waals surface area (Å²) in [6, 6.07) is 0.806. The van der Waals surface area contributed by atoms with E-state index in [1.54, 1.807) is 0 Å². The molecule has 0 radical (unpaired) electrons. The van der Waals surface area contributed by atoms with Gasteiger partial charge in [0.2, 0.25) is 0 Å². The number of hydrogen-bond donors (Lipinski definition) is 1. The summed E-state index contributed by atoms with van der Waals surface area (Å²) in [6.45, 7) is 8.04. The third-order valence-electron chi connectivity index (χ3n) is 2.46. The first kappa shape index (κ1) is 8.06. The van der Waals surface area contributed by atoms with Crippen molar-refractivity contribution >= 4 is 0 Å². The maximum Gasteiger partial charge on any atom is 0.00722 e. The van der Waals surface area contributed by atoms with Crippen molar-refractivity contribution in [2.75, 3.05) is 6.54 Å². The number of hydrogen-bond acceptors (Lipinski definition) is 1. The molecule has 1 aliphatic rings. The molecule has 1 atom stereocenters. The van der Waals surface area contributed by atoms with E-state index in [2.05, 4.69) is 26.1 Å². The first-order valence-corrected chi connectivity index (χ1v) is 4.37. The van der Waals surface area contributed by atoms with Crippen molar-refractivity contribution in [3.63, 3.8) is 0 Å². The van der Waals surface area contributed by atoms with Gasteiger partial charge in [-0.1, -0.05) is 20.8 Å². The van der Waals surface area contributed by atoms with E-state index < -0.39 is 0 Å². The Labute approximate surface area is 64.2 Å². The maximum atomic E-state index is 3.50. The highest BCUT2D eigenvalue weighted by molar-refractivity contribution is 4.85. The smallest absolute Gasteiger partial charge is 0.00722 e. The molecule has 0 saturated heterocycles. The monoisotopic (exact) mass is 141 g/mol. The van der Waals surface area contributed by atoms with Crippen molar-refractivity contribution in [1.82, 2.24) is 5.32 Å². The molecule has 10 heavy (non-hydrogen) atoms. The van der Waals surface area contributed by atoms with Crippen LogP contribution in [0.3, 0.4) is 0 Å². The first-order chi connectivity index (χ1) is 4.64. The minimum atomic E-state index is 0.604. The molecule has 0 aliphatic heterocycles. The molecular weight excluding hydrogens is 122 g/mol. The van der Waals surface area contributed by atoms with E-state index in [0.29, 0.717) is 5.41 Å². The zero-order valence-electron chi connectivity index (χ0n) is 7.41. The van der Waals surface area contributed by atoms with Crippen molar-refractivity contribution in [3.8, 4) is 0 Å². The fraction of sp³-hybridized carbons (Fsp3) is 1.00. The largest absolute Gasteiger partial charge is 0.314 e. The fourth-order valence-corrected chi connectivity index (χ4v) is 1.90. The Hall–Kier alpha value is -0.0400. The predicted molar refractivity (Wildman–Crippen MR) is 45.1 cm³/mol. The van der Waals surface area contributed by atoms with Crippen LogP contribution in [0.4, 0.5) is 0 Å². The van der Waals surface area contributed by atoms with Crippen LogP contribution in [0.1, 0.15) is 40.0 Å². The third-order valence-corrected chi connectivity index (χ3v) is 2.46. The molecule has 1 rings (SSSR count). The van der Waals surface area contributed by atoms with Gasteiger partial charge in [-0.05, 0) is 31.2 Å². The van der Waals surface area contributed by atoms with E-state index in [1.165, 1.54) is 19.3 Å². The minimum absolute atomic E-state index is 0.604. The van der Waals surface area contributed by atoms with Crippen molar-refractivity contribution in [3.05, 3.63) is 0 Å². The van der Waals surface area contributed by atoms with Crippen molar-refractivity contribution in [1.29, 1.82) is 0 Å². The van der Waals surface area contributed by atoms with Crippen LogP contribution in [0, 0.1) is 5.41 Å². The van der Waals surface area contributed by atoms with Gasteiger partial charge < -0.3 is 5.32 Å². The topological polar surface area (TPSA) is 12.0 Å². The van der Waals surface area contributed by atoms with Crippen LogP contribution in [0.25, 0.3) is 0 Å². The summed E-state index contributed by atoms with van der Waals surface area (Å²) in [4.78, 5) is 0. The molecule has 1 heteroatoms. The van der Waals surface area contributed by atoms with Crippen LogP contribution < -0.4 is 5.32 Å². The van der Waals surface area contributed by atoms with Gasteiger partial charge in [0.15, 0.2) is 0 Å². The van der Waals surface area contributed by atoms with Gasteiger partial charge in [-0.3, -0.25) is 0 Å². The van der Waals surface area contributed by atoms with Crippen LogP contribution in [0.2, 0.25) is 0 Å². The van der Waals surface area contributed by atoms with Crippen molar-refractivity contribution in [2.24, 2.45) is 5.41 Å². The molecule has 1 fully saturated rings. The second kappa shape index (κ2) is 2.91. The lowest BCUT2D eigenvalue weighted by Crippen LogP contribution is -2.26. The molecule has 0 bridgehead atoms. The van der Waals surface area contributed by atoms with Gasteiger partial charge >= 0.3 is 0 Å². The third kappa shape index (κ3) is 1.98. The Morgan fingerprint density at radius 3 is 2.60 bits per heavy atom. The zero-order chi connectivity index (χ0) is 7.61. The van der Waals surface area contributed by atoms with Gasteiger partial charge in [-0.2, -0.15) is 0 Å². The summed E-state index contributed by atoms with van der Waals surface area (Å²) in [5.41, 5.74) is 0.604. The molecule has 1 aliphatic carbocycles. The van der Waals surface area contributed by atoms with Crippen LogP contribution in [0.5, 0.6) is 0 Å². The number of nitrogens with one attached hydrogen (secondary N) is 1. The molecular formula is C9H19N. The van der Waals surface area contributed by atoms with E-state index in [1.807, 2.05) is 0 Å². The molecule has 0 heterocycles. The summed E-state index contributed by atoms with van der Waals surface area (Å²) in [7, 11) is 0. The molecule has 1 N–H and O–H groups in total. The lowest BCUT2D eigenvalue weighted by molar-refractivity contribution is 0.366. The van der Waals surface area contributed by atoms with Crippen molar-refractivity contribution < 1.29 is 0 Å². The summed E-state index contributed by atoms with van der Waals surface area (Å²) in [6.07, 6.45) is 4.13. The Morgan fingerprint density at radius 2 is 2.20 bits per heavy atom. The van der Waals surface area contributed by atoms with Crippen molar-refractivity contribution in [2.45, 2.75) is 46.1 Å². The molecule has 60 valence electrons. The highest BCUT2D eigenvalue weighted by atomic mass is 14.9. The van der Waals surface area contributed by atoms with E-state index >= 15 is 0 Å². The van der Waals surface area contributed by atoms with E-state index in [9.17, 15) is 0 Å². The van der Waals surface area contributed by atoms with Crippen LogP contribution in [-0.4, -0.2) is 12.6 Å².